The predicted octanol–water partition coefficient (Wildman–Crippen LogP) is 6.31. The Labute approximate surface area is 271 Å². The normalized spacial score (nSPS) is 11.9. The molecule has 3 aromatic heterocycles. The summed E-state index contributed by atoms with van der Waals surface area (Å²) in [6, 6.07) is 11.5. The number of carbonyl (C=O) groups is 2. The van der Waals surface area contributed by atoms with Crippen LogP contribution < -0.4 is 5.32 Å². The Morgan fingerprint density at radius 1 is 0.936 bits per heavy atom. The zero-order valence-corrected chi connectivity index (χ0v) is 25.4. The molecule has 2 aromatic carbocycles. The first-order valence-corrected chi connectivity index (χ1v) is 14.2. The van der Waals surface area contributed by atoms with E-state index < -0.39 is 42.0 Å². The number of aromatic nitrogens is 7. The van der Waals surface area contributed by atoms with Gasteiger partial charge < -0.3 is 5.32 Å². The first-order valence-electron chi connectivity index (χ1n) is 13.4. The standard InChI is InChI=1S/C29H20Cl2F6N8O2/c1-15-9-18(30)10-21(26(47)39-13-16-4-6-17(7-5-16)28(32,33)34)20(15)12-24(46)23-11-19(14-44-42-27(40-43-44)29(35,36)37)41-45(23)25-22(31)3-2-8-38-25/h2-11H,12-14H2,1H3,(H,39,47). The van der Waals surface area contributed by atoms with Gasteiger partial charge in [-0.05, 0) is 71.3 Å². The third kappa shape index (κ3) is 7.77. The summed E-state index contributed by atoms with van der Waals surface area (Å²) in [5.74, 6) is -2.62. The number of hydrogen-bond acceptors (Lipinski definition) is 7. The SMILES string of the molecule is Cc1cc(Cl)cc(C(=O)NCc2ccc(C(F)(F)F)cc2)c1CC(=O)c1cc(Cn2nnc(C(F)(F)F)n2)nn1-c1ncccc1Cl. The van der Waals surface area contributed by atoms with Gasteiger partial charge in [-0.3, -0.25) is 9.59 Å². The molecule has 10 nitrogen and oxygen atoms in total. The molecule has 0 bridgehead atoms. The number of nitrogens with one attached hydrogen (secondary N) is 1. The highest BCUT2D eigenvalue weighted by Gasteiger charge is 2.37. The van der Waals surface area contributed by atoms with Crippen LogP contribution in [0.1, 0.15) is 54.6 Å². The number of Topliss-reactive ketones (excluding diaryl/α,β-unsaturated/α-hetero) is 1. The molecule has 5 aromatic rings. The zero-order valence-electron chi connectivity index (χ0n) is 23.9. The van der Waals surface area contributed by atoms with Gasteiger partial charge in [0.1, 0.15) is 12.2 Å². The Morgan fingerprint density at radius 2 is 1.66 bits per heavy atom. The molecule has 5 rings (SSSR count). The molecule has 0 aliphatic heterocycles. The number of pyridine rings is 1. The zero-order chi connectivity index (χ0) is 34.1. The van der Waals surface area contributed by atoms with Gasteiger partial charge in [-0.15, -0.1) is 10.2 Å². The van der Waals surface area contributed by atoms with Crippen molar-refractivity contribution in [1.29, 1.82) is 0 Å². The van der Waals surface area contributed by atoms with Crippen molar-refractivity contribution >= 4 is 34.9 Å². The Hall–Kier alpha value is -4.83. The van der Waals surface area contributed by atoms with E-state index in [4.69, 9.17) is 23.2 Å². The molecule has 0 saturated carbocycles. The van der Waals surface area contributed by atoms with Crippen molar-refractivity contribution in [3.05, 3.63) is 116 Å². The molecule has 0 atom stereocenters. The van der Waals surface area contributed by atoms with Gasteiger partial charge >= 0.3 is 12.4 Å². The summed E-state index contributed by atoms with van der Waals surface area (Å²) < 4.78 is 78.8. The van der Waals surface area contributed by atoms with E-state index in [0.717, 1.165) is 16.8 Å². The Balaban J connectivity index is 1.43. The number of rotatable bonds is 9. The maximum atomic E-state index is 13.8. The summed E-state index contributed by atoms with van der Waals surface area (Å²) >= 11 is 12.6. The van der Waals surface area contributed by atoms with Gasteiger partial charge in [-0.1, -0.05) is 35.3 Å². The van der Waals surface area contributed by atoms with Crippen LogP contribution in [0.2, 0.25) is 10.0 Å². The minimum atomic E-state index is -4.82. The molecule has 1 amide bonds. The second kappa shape index (κ2) is 13.1. The number of halogens is 8. The van der Waals surface area contributed by atoms with Crippen molar-refractivity contribution in [2.45, 2.75) is 38.8 Å². The molecular weight excluding hydrogens is 677 g/mol. The lowest BCUT2D eigenvalue weighted by molar-refractivity contribution is -0.145. The van der Waals surface area contributed by atoms with E-state index in [2.05, 4.69) is 30.8 Å². The molecule has 47 heavy (non-hydrogen) atoms. The second-order valence-corrected chi connectivity index (χ2v) is 11.0. The van der Waals surface area contributed by atoms with Crippen LogP contribution in [0.4, 0.5) is 26.3 Å². The van der Waals surface area contributed by atoms with E-state index in [0.29, 0.717) is 21.5 Å². The quantitative estimate of drug-likeness (QED) is 0.142. The highest BCUT2D eigenvalue weighted by Crippen LogP contribution is 2.30. The van der Waals surface area contributed by atoms with Crippen LogP contribution in [-0.2, 0) is 31.9 Å². The number of ketones is 1. The van der Waals surface area contributed by atoms with Gasteiger partial charge in [0.2, 0.25) is 0 Å². The molecule has 0 radical (unpaired) electrons. The fourth-order valence-electron chi connectivity index (χ4n) is 4.52. The Bertz CT molecular complexity index is 1960. The summed E-state index contributed by atoms with van der Waals surface area (Å²) in [5.41, 5.74) is 0.389. The molecule has 0 saturated heterocycles. The number of nitrogens with zero attached hydrogens (tertiary/aromatic N) is 7. The van der Waals surface area contributed by atoms with E-state index in [1.807, 2.05) is 0 Å². The molecule has 0 aliphatic rings. The number of amides is 1. The van der Waals surface area contributed by atoms with Crippen LogP contribution in [0.15, 0.2) is 60.8 Å². The van der Waals surface area contributed by atoms with Gasteiger partial charge in [0.05, 0.1) is 16.3 Å². The molecule has 0 spiro atoms. The number of tetrazole rings is 1. The molecule has 0 unspecified atom stereocenters. The average molecular weight is 697 g/mol. The lowest BCUT2D eigenvalue weighted by atomic mass is 9.95. The topological polar surface area (TPSA) is 120 Å². The van der Waals surface area contributed by atoms with Crippen molar-refractivity contribution < 1.29 is 35.9 Å². The van der Waals surface area contributed by atoms with Crippen molar-refractivity contribution in [2.75, 3.05) is 0 Å². The lowest BCUT2D eigenvalue weighted by Gasteiger charge is -2.14. The van der Waals surface area contributed by atoms with Gasteiger partial charge in [-0.25, -0.2) is 9.67 Å². The summed E-state index contributed by atoms with van der Waals surface area (Å²) in [7, 11) is 0. The fraction of sp³-hybridized carbons (Fsp3) is 0.207. The summed E-state index contributed by atoms with van der Waals surface area (Å²) in [6.07, 6.45) is -8.29. The van der Waals surface area contributed by atoms with E-state index in [9.17, 15) is 35.9 Å². The molecule has 0 fully saturated rings. The van der Waals surface area contributed by atoms with Crippen molar-refractivity contribution in [3.63, 3.8) is 0 Å². The molecule has 1 N–H and O–H groups in total. The highest BCUT2D eigenvalue weighted by atomic mass is 35.5. The molecule has 18 heteroatoms. The van der Waals surface area contributed by atoms with Crippen LogP contribution in [0.5, 0.6) is 0 Å². The highest BCUT2D eigenvalue weighted by molar-refractivity contribution is 6.32. The van der Waals surface area contributed by atoms with Crippen molar-refractivity contribution in [3.8, 4) is 5.82 Å². The summed E-state index contributed by atoms with van der Waals surface area (Å²) in [6.45, 7) is 1.13. The second-order valence-electron chi connectivity index (χ2n) is 10.1. The largest absolute Gasteiger partial charge is 0.455 e. The lowest BCUT2D eigenvalue weighted by Crippen LogP contribution is -2.25. The van der Waals surface area contributed by atoms with Crippen LogP contribution in [0.25, 0.3) is 5.82 Å². The minimum absolute atomic E-state index is 0.0453. The number of aryl methyl sites for hydroxylation is 1. The maximum Gasteiger partial charge on any atom is 0.455 e. The molecule has 244 valence electrons. The third-order valence-corrected chi connectivity index (χ3v) is 7.26. The number of alkyl halides is 6. The van der Waals surface area contributed by atoms with E-state index >= 15 is 0 Å². The monoisotopic (exact) mass is 696 g/mol. The Morgan fingerprint density at radius 3 is 2.30 bits per heavy atom. The van der Waals surface area contributed by atoms with E-state index in [1.54, 1.807) is 19.1 Å². The van der Waals surface area contributed by atoms with Crippen LogP contribution in [-0.4, -0.2) is 46.7 Å². The van der Waals surface area contributed by atoms with Gasteiger partial charge in [-0.2, -0.15) is 36.2 Å². The van der Waals surface area contributed by atoms with E-state index in [-0.39, 0.29) is 45.8 Å². The van der Waals surface area contributed by atoms with Crippen molar-refractivity contribution in [2.24, 2.45) is 0 Å². The van der Waals surface area contributed by atoms with Crippen LogP contribution in [0, 0.1) is 6.92 Å². The maximum absolute atomic E-state index is 13.8. The predicted molar refractivity (Wildman–Crippen MR) is 155 cm³/mol. The van der Waals surface area contributed by atoms with Crippen LogP contribution in [0.3, 0.4) is 0 Å². The van der Waals surface area contributed by atoms with Gasteiger partial charge in [0.25, 0.3) is 11.7 Å². The van der Waals surface area contributed by atoms with Crippen LogP contribution >= 0.6 is 23.2 Å². The Kier molecular flexibility index (Phi) is 9.36. The molecule has 0 aliphatic carbocycles. The minimum Gasteiger partial charge on any atom is -0.348 e. The first kappa shape index (κ1) is 33.5. The summed E-state index contributed by atoms with van der Waals surface area (Å²) in [4.78, 5) is 32.0. The number of hydrogen-bond donors (Lipinski definition) is 1. The smallest absolute Gasteiger partial charge is 0.348 e. The fourth-order valence-corrected chi connectivity index (χ4v) is 4.99. The van der Waals surface area contributed by atoms with Gasteiger partial charge in [0, 0.05) is 29.7 Å². The average Bonchev–Trinajstić information content (AvgIpc) is 3.65. The number of carbonyl (C=O) groups excluding carboxylic acids is 2. The third-order valence-electron chi connectivity index (χ3n) is 6.75. The van der Waals surface area contributed by atoms with Gasteiger partial charge in [0.15, 0.2) is 11.6 Å². The molecule has 3 heterocycles. The molecular formula is C29H20Cl2F6N8O2. The number of benzene rings is 2. The van der Waals surface area contributed by atoms with E-state index in [1.165, 1.54) is 36.5 Å². The first-order chi connectivity index (χ1) is 22.1. The van der Waals surface area contributed by atoms with Crippen molar-refractivity contribution in [1.82, 2.24) is 40.3 Å². The summed E-state index contributed by atoms with van der Waals surface area (Å²) in [5, 5.41) is 17.0.